The number of benzene rings is 2. The molecule has 3 aromatic rings. The van der Waals surface area contributed by atoms with Crippen LogP contribution in [0.15, 0.2) is 63.1 Å². The van der Waals surface area contributed by atoms with Gasteiger partial charge in [0, 0.05) is 0 Å². The van der Waals surface area contributed by atoms with Crippen LogP contribution in [-0.2, 0) is 9.53 Å². The summed E-state index contributed by atoms with van der Waals surface area (Å²) in [6.45, 7) is 1.77. The number of phenolic OH excluding ortho intramolecular Hbond substituents is 1. The molecule has 0 saturated heterocycles. The van der Waals surface area contributed by atoms with E-state index in [2.05, 4.69) is 0 Å². The Morgan fingerprint density at radius 2 is 2.00 bits per heavy atom. The first-order valence-electron chi connectivity index (χ1n) is 9.23. The van der Waals surface area contributed by atoms with Crippen molar-refractivity contribution in [3.05, 3.63) is 75.5 Å². The van der Waals surface area contributed by atoms with E-state index in [0.29, 0.717) is 16.5 Å². The van der Waals surface area contributed by atoms with Crippen molar-refractivity contribution in [2.24, 2.45) is 5.73 Å². The van der Waals surface area contributed by atoms with Crippen LogP contribution in [0.25, 0.3) is 11.0 Å². The highest BCUT2D eigenvalue weighted by Crippen LogP contribution is 2.45. The molecular formula is C22H19NO7. The van der Waals surface area contributed by atoms with Crippen LogP contribution in [0.4, 0.5) is 0 Å². The number of para-hydroxylation sites is 1. The minimum absolute atomic E-state index is 0.0281. The average molecular weight is 409 g/mol. The van der Waals surface area contributed by atoms with Gasteiger partial charge in [0.1, 0.15) is 11.2 Å². The van der Waals surface area contributed by atoms with E-state index in [-0.39, 0.29) is 40.9 Å². The molecule has 30 heavy (non-hydrogen) atoms. The molecule has 8 heteroatoms. The summed E-state index contributed by atoms with van der Waals surface area (Å²) < 4.78 is 21.6. The molecule has 1 aromatic heterocycles. The number of aromatic hydroxyl groups is 1. The number of methoxy groups -OCH3 is 1. The van der Waals surface area contributed by atoms with Crippen molar-refractivity contribution in [1.82, 2.24) is 0 Å². The lowest BCUT2D eigenvalue weighted by molar-refractivity contribution is -0.139. The van der Waals surface area contributed by atoms with Crippen molar-refractivity contribution in [1.29, 1.82) is 0 Å². The standard InChI is InChI=1S/C22H19NO7/c1-3-28-21(25)18-16(11-8-9-13(24)15(10-11)27-2)17-19(30-20(18)23)12-6-4-5-7-14(12)29-22(17)26/h4-10,16,24H,3,23H2,1-2H3. The summed E-state index contributed by atoms with van der Waals surface area (Å²) in [6, 6.07) is 11.4. The fourth-order valence-corrected chi connectivity index (χ4v) is 3.58. The maximum Gasteiger partial charge on any atom is 0.344 e. The van der Waals surface area contributed by atoms with Gasteiger partial charge in [-0.25, -0.2) is 9.59 Å². The minimum atomic E-state index is -0.942. The number of nitrogens with two attached hydrogens (primary N) is 1. The summed E-state index contributed by atoms with van der Waals surface area (Å²) >= 11 is 0. The molecule has 3 N–H and O–H groups in total. The van der Waals surface area contributed by atoms with Gasteiger partial charge in [-0.15, -0.1) is 0 Å². The summed E-state index contributed by atoms with van der Waals surface area (Å²) in [5.74, 6) is -1.53. The van der Waals surface area contributed by atoms with Crippen molar-refractivity contribution in [2.45, 2.75) is 12.8 Å². The second-order valence-electron chi connectivity index (χ2n) is 6.59. The fourth-order valence-electron chi connectivity index (χ4n) is 3.58. The fraction of sp³-hybridized carbons (Fsp3) is 0.182. The van der Waals surface area contributed by atoms with Crippen molar-refractivity contribution in [3.63, 3.8) is 0 Å². The molecule has 1 aliphatic rings. The number of hydrogen-bond acceptors (Lipinski definition) is 8. The Hall–Kier alpha value is -3.94. The maximum absolute atomic E-state index is 13.0. The number of ether oxygens (including phenoxy) is 3. The van der Waals surface area contributed by atoms with Gasteiger partial charge >= 0.3 is 11.6 Å². The van der Waals surface area contributed by atoms with Gasteiger partial charge in [0.25, 0.3) is 0 Å². The zero-order valence-corrected chi connectivity index (χ0v) is 16.3. The van der Waals surface area contributed by atoms with Crippen LogP contribution in [0, 0.1) is 0 Å². The number of phenols is 1. The third-order valence-corrected chi connectivity index (χ3v) is 4.89. The van der Waals surface area contributed by atoms with E-state index < -0.39 is 17.5 Å². The Balaban J connectivity index is 2.04. The average Bonchev–Trinajstić information content (AvgIpc) is 2.73. The van der Waals surface area contributed by atoms with Crippen molar-refractivity contribution in [3.8, 4) is 17.2 Å². The number of carbonyl (C=O) groups excluding carboxylic acids is 1. The van der Waals surface area contributed by atoms with Crippen LogP contribution in [0.2, 0.25) is 0 Å². The predicted molar refractivity (Wildman–Crippen MR) is 107 cm³/mol. The van der Waals surface area contributed by atoms with Gasteiger partial charge in [-0.2, -0.15) is 0 Å². The molecule has 0 aliphatic carbocycles. The van der Waals surface area contributed by atoms with Crippen LogP contribution < -0.4 is 20.8 Å². The molecule has 0 bridgehead atoms. The predicted octanol–water partition coefficient (Wildman–Crippen LogP) is 2.76. The summed E-state index contributed by atoms with van der Waals surface area (Å²) in [6.07, 6.45) is 0. The normalized spacial score (nSPS) is 15.5. The van der Waals surface area contributed by atoms with E-state index in [1.807, 2.05) is 0 Å². The summed E-state index contributed by atoms with van der Waals surface area (Å²) in [4.78, 5) is 25.7. The number of hydrogen-bond donors (Lipinski definition) is 2. The van der Waals surface area contributed by atoms with Gasteiger partial charge in [0.15, 0.2) is 17.2 Å². The van der Waals surface area contributed by atoms with Crippen LogP contribution in [0.1, 0.15) is 24.0 Å². The molecule has 2 heterocycles. The number of esters is 1. The molecule has 0 saturated carbocycles. The molecule has 1 atom stereocenters. The summed E-state index contributed by atoms with van der Waals surface area (Å²) in [5, 5.41) is 10.5. The van der Waals surface area contributed by atoms with Crippen LogP contribution in [0.5, 0.6) is 17.2 Å². The van der Waals surface area contributed by atoms with Crippen molar-refractivity contribution >= 4 is 16.9 Å². The Kier molecular flexibility index (Phi) is 4.83. The van der Waals surface area contributed by atoms with E-state index in [9.17, 15) is 14.7 Å². The molecule has 1 unspecified atom stereocenters. The zero-order valence-electron chi connectivity index (χ0n) is 16.3. The Morgan fingerprint density at radius 1 is 1.23 bits per heavy atom. The van der Waals surface area contributed by atoms with Gasteiger partial charge in [-0.3, -0.25) is 0 Å². The molecule has 0 spiro atoms. The van der Waals surface area contributed by atoms with E-state index in [1.165, 1.54) is 19.2 Å². The Bertz CT molecular complexity index is 1240. The quantitative estimate of drug-likeness (QED) is 0.498. The van der Waals surface area contributed by atoms with E-state index in [1.54, 1.807) is 37.3 Å². The second kappa shape index (κ2) is 7.47. The Labute approximate surface area is 171 Å². The molecule has 8 nitrogen and oxygen atoms in total. The van der Waals surface area contributed by atoms with E-state index in [4.69, 9.17) is 24.4 Å². The zero-order chi connectivity index (χ0) is 21.4. The minimum Gasteiger partial charge on any atom is -0.504 e. The highest BCUT2D eigenvalue weighted by atomic mass is 16.5. The summed E-state index contributed by atoms with van der Waals surface area (Å²) in [5.41, 5.74) is 6.35. The van der Waals surface area contributed by atoms with E-state index in [0.717, 1.165) is 0 Å². The first-order valence-corrected chi connectivity index (χ1v) is 9.23. The van der Waals surface area contributed by atoms with Gasteiger partial charge in [-0.1, -0.05) is 18.2 Å². The largest absolute Gasteiger partial charge is 0.504 e. The highest BCUT2D eigenvalue weighted by molar-refractivity contribution is 5.94. The van der Waals surface area contributed by atoms with Crippen LogP contribution in [-0.4, -0.2) is 24.8 Å². The third kappa shape index (κ3) is 3.02. The highest BCUT2D eigenvalue weighted by Gasteiger charge is 2.39. The SMILES string of the molecule is CCOC(=O)C1=C(N)Oc2c(c(=O)oc3ccccc23)C1c1ccc(O)c(OC)c1. The van der Waals surface area contributed by atoms with Crippen LogP contribution in [0.3, 0.4) is 0 Å². The molecule has 2 aromatic carbocycles. The smallest absolute Gasteiger partial charge is 0.344 e. The first kappa shape index (κ1) is 19.4. The third-order valence-electron chi connectivity index (χ3n) is 4.89. The van der Waals surface area contributed by atoms with Gasteiger partial charge in [-0.05, 0) is 36.8 Å². The van der Waals surface area contributed by atoms with Crippen molar-refractivity contribution in [2.75, 3.05) is 13.7 Å². The molecular weight excluding hydrogens is 390 g/mol. The molecule has 4 rings (SSSR count). The number of rotatable bonds is 4. The lowest BCUT2D eigenvalue weighted by atomic mass is 9.83. The lowest BCUT2D eigenvalue weighted by Crippen LogP contribution is -2.31. The van der Waals surface area contributed by atoms with Crippen LogP contribution >= 0.6 is 0 Å². The topological polar surface area (TPSA) is 121 Å². The molecule has 0 fully saturated rings. The Morgan fingerprint density at radius 3 is 2.73 bits per heavy atom. The molecule has 0 amide bonds. The van der Waals surface area contributed by atoms with Gasteiger partial charge in [0.2, 0.25) is 5.88 Å². The van der Waals surface area contributed by atoms with Gasteiger partial charge in [0.05, 0.1) is 30.6 Å². The maximum atomic E-state index is 13.0. The van der Waals surface area contributed by atoms with Gasteiger partial charge < -0.3 is 29.5 Å². The van der Waals surface area contributed by atoms with Crippen molar-refractivity contribution < 1.29 is 28.5 Å². The molecule has 1 aliphatic heterocycles. The first-order chi connectivity index (χ1) is 14.5. The molecule has 0 radical (unpaired) electrons. The van der Waals surface area contributed by atoms with E-state index >= 15 is 0 Å². The summed E-state index contributed by atoms with van der Waals surface area (Å²) in [7, 11) is 1.40. The monoisotopic (exact) mass is 409 g/mol. The second-order valence-corrected chi connectivity index (χ2v) is 6.59. The molecule has 154 valence electrons. The number of fused-ring (bicyclic) bond motifs is 3. The lowest BCUT2D eigenvalue weighted by Gasteiger charge is -2.28. The number of carbonyl (C=O) groups is 1.